The summed E-state index contributed by atoms with van der Waals surface area (Å²) in [6.45, 7) is 0. The maximum atomic E-state index is 12.5. The molecule has 2 aliphatic rings. The number of allylic oxidation sites excluding steroid dienone is 1. The van der Waals surface area contributed by atoms with Crippen molar-refractivity contribution in [2.24, 2.45) is 5.10 Å². The molecule has 2 aromatic rings. The lowest BCUT2D eigenvalue weighted by atomic mass is 9.97. The molecule has 4 heteroatoms. The Morgan fingerprint density at radius 1 is 1.00 bits per heavy atom. The van der Waals surface area contributed by atoms with Crippen LogP contribution in [-0.2, 0) is 0 Å². The van der Waals surface area contributed by atoms with Crippen molar-refractivity contribution in [3.8, 4) is 0 Å². The van der Waals surface area contributed by atoms with Crippen LogP contribution < -0.4 is 5.43 Å². The lowest BCUT2D eigenvalue weighted by molar-refractivity contribution is 0.104. The Balaban J connectivity index is 1.65. The van der Waals surface area contributed by atoms with Crippen molar-refractivity contribution in [2.75, 3.05) is 0 Å². The van der Waals surface area contributed by atoms with Crippen LogP contribution in [0.5, 0.6) is 0 Å². The predicted octanol–water partition coefficient (Wildman–Crippen LogP) is 3.24. The fraction of sp³-hybridized carbons (Fsp3) is 0.111. The number of carbonyl (C=O) groups excluding carboxylic acids is 1. The zero-order valence-corrected chi connectivity index (χ0v) is 11.8. The quantitative estimate of drug-likeness (QED) is 0.892. The van der Waals surface area contributed by atoms with Gasteiger partial charge < -0.3 is 10.5 Å². The minimum atomic E-state index is -0.151. The van der Waals surface area contributed by atoms with E-state index >= 15 is 0 Å². The summed E-state index contributed by atoms with van der Waals surface area (Å²) >= 11 is 0. The van der Waals surface area contributed by atoms with Crippen molar-refractivity contribution in [3.05, 3.63) is 76.9 Å². The molecule has 1 atom stereocenters. The molecule has 0 radical (unpaired) electrons. The van der Waals surface area contributed by atoms with E-state index in [0.29, 0.717) is 28.8 Å². The number of hydrogen-bond donors (Lipinski definition) is 2. The number of ketones is 1. The third-order valence-corrected chi connectivity index (χ3v) is 4.13. The summed E-state index contributed by atoms with van der Waals surface area (Å²) in [5, 5.41) is 14.7. The Labute approximate surface area is 127 Å². The van der Waals surface area contributed by atoms with E-state index < -0.39 is 0 Å². The molecule has 1 heterocycles. The van der Waals surface area contributed by atoms with E-state index in [1.807, 2.05) is 36.4 Å². The average molecular weight is 290 g/mol. The maximum absolute atomic E-state index is 12.5. The molecule has 1 aliphatic heterocycles. The molecule has 1 unspecified atom stereocenters. The van der Waals surface area contributed by atoms with Crippen molar-refractivity contribution < 1.29 is 9.90 Å². The largest absolute Gasteiger partial charge is 0.506 e. The standard InChI is InChI=1S/C18H14N2O2/c21-17-12-8-4-5-9-13(12)18(22)16(17)15-10-14(19-20-15)11-6-2-1-3-7-11/h1-9,14,19,21H,10H2. The number of aliphatic hydroxyl groups excluding tert-OH is 1. The first-order chi connectivity index (χ1) is 10.8. The number of benzene rings is 2. The van der Waals surface area contributed by atoms with E-state index in [9.17, 15) is 9.90 Å². The van der Waals surface area contributed by atoms with Gasteiger partial charge in [-0.1, -0.05) is 54.6 Å². The van der Waals surface area contributed by atoms with Crippen LogP contribution >= 0.6 is 0 Å². The van der Waals surface area contributed by atoms with Gasteiger partial charge in [-0.05, 0) is 5.56 Å². The molecule has 0 spiro atoms. The average Bonchev–Trinajstić information content (AvgIpc) is 3.13. The zero-order chi connectivity index (χ0) is 15.1. The topological polar surface area (TPSA) is 61.7 Å². The molecule has 0 aromatic heterocycles. The van der Waals surface area contributed by atoms with Gasteiger partial charge in [-0.2, -0.15) is 5.10 Å². The fourth-order valence-electron chi connectivity index (χ4n) is 3.01. The van der Waals surface area contributed by atoms with Crippen molar-refractivity contribution >= 4 is 17.3 Å². The van der Waals surface area contributed by atoms with Crippen molar-refractivity contribution in [1.82, 2.24) is 5.43 Å². The van der Waals surface area contributed by atoms with Gasteiger partial charge >= 0.3 is 0 Å². The summed E-state index contributed by atoms with van der Waals surface area (Å²) in [6.07, 6.45) is 0.586. The van der Waals surface area contributed by atoms with Crippen LogP contribution in [0.15, 0.2) is 65.3 Å². The van der Waals surface area contributed by atoms with Crippen LogP contribution in [0.1, 0.15) is 33.9 Å². The number of hydrazone groups is 1. The molecule has 4 rings (SSSR count). The first-order valence-corrected chi connectivity index (χ1v) is 7.20. The number of rotatable bonds is 2. The fourth-order valence-corrected chi connectivity index (χ4v) is 3.01. The van der Waals surface area contributed by atoms with Crippen LogP contribution in [0.2, 0.25) is 0 Å². The molecule has 22 heavy (non-hydrogen) atoms. The molecule has 0 bridgehead atoms. The van der Waals surface area contributed by atoms with E-state index in [1.54, 1.807) is 18.2 Å². The molecule has 0 saturated carbocycles. The second kappa shape index (κ2) is 4.84. The molecule has 0 fully saturated rings. The molecule has 4 nitrogen and oxygen atoms in total. The van der Waals surface area contributed by atoms with Crippen LogP contribution in [-0.4, -0.2) is 16.6 Å². The molecule has 0 amide bonds. The first kappa shape index (κ1) is 12.8. The van der Waals surface area contributed by atoms with Crippen LogP contribution in [0.4, 0.5) is 0 Å². The highest BCUT2D eigenvalue weighted by Gasteiger charge is 2.35. The van der Waals surface area contributed by atoms with Gasteiger partial charge in [0.05, 0.1) is 17.3 Å². The molecular formula is C18H14N2O2. The number of hydrogen-bond acceptors (Lipinski definition) is 4. The Hall–Kier alpha value is -2.88. The molecular weight excluding hydrogens is 276 g/mol. The highest BCUT2D eigenvalue weighted by atomic mass is 16.3. The van der Waals surface area contributed by atoms with Gasteiger partial charge in [0, 0.05) is 17.5 Å². The van der Waals surface area contributed by atoms with Crippen molar-refractivity contribution in [1.29, 1.82) is 0 Å². The van der Waals surface area contributed by atoms with Crippen molar-refractivity contribution in [3.63, 3.8) is 0 Å². The molecule has 2 N–H and O–H groups in total. The molecule has 0 saturated heterocycles. The molecule has 108 valence electrons. The minimum Gasteiger partial charge on any atom is -0.506 e. The van der Waals surface area contributed by atoms with E-state index in [-0.39, 0.29) is 17.6 Å². The van der Waals surface area contributed by atoms with Gasteiger partial charge in [0.1, 0.15) is 5.76 Å². The normalized spacial score (nSPS) is 19.9. The number of fused-ring (bicyclic) bond motifs is 1. The molecule has 2 aromatic carbocycles. The Morgan fingerprint density at radius 2 is 1.68 bits per heavy atom. The summed E-state index contributed by atoms with van der Waals surface area (Å²) in [5.74, 6) is -0.114. The van der Waals surface area contributed by atoms with Crippen LogP contribution in [0.3, 0.4) is 0 Å². The summed E-state index contributed by atoms with van der Waals surface area (Å²) in [7, 11) is 0. The number of carbonyl (C=O) groups is 1. The smallest absolute Gasteiger partial charge is 0.199 e. The highest BCUT2D eigenvalue weighted by molar-refractivity contribution is 6.35. The summed E-state index contributed by atoms with van der Waals surface area (Å²) < 4.78 is 0. The SMILES string of the molecule is O=C1C(C2=NNC(c3ccccc3)C2)=C(O)c2ccccc21. The Morgan fingerprint density at radius 3 is 2.41 bits per heavy atom. The van der Waals surface area contributed by atoms with Crippen LogP contribution in [0.25, 0.3) is 5.76 Å². The van der Waals surface area contributed by atoms with Gasteiger partial charge in [0.25, 0.3) is 0 Å². The summed E-state index contributed by atoms with van der Waals surface area (Å²) in [4.78, 5) is 12.5. The number of nitrogens with one attached hydrogen (secondary N) is 1. The lowest BCUT2D eigenvalue weighted by Gasteiger charge is -2.09. The van der Waals surface area contributed by atoms with E-state index in [4.69, 9.17) is 0 Å². The second-order valence-corrected chi connectivity index (χ2v) is 5.45. The first-order valence-electron chi connectivity index (χ1n) is 7.20. The summed E-state index contributed by atoms with van der Waals surface area (Å²) in [5.41, 5.74) is 6.25. The predicted molar refractivity (Wildman–Crippen MR) is 84.7 cm³/mol. The number of nitrogens with zero attached hydrogens (tertiary/aromatic N) is 1. The van der Waals surface area contributed by atoms with Gasteiger partial charge in [0.2, 0.25) is 0 Å². The second-order valence-electron chi connectivity index (χ2n) is 5.45. The number of Topliss-reactive ketones (excluding diaryl/α,β-unsaturated/α-hetero) is 1. The Bertz CT molecular complexity index is 822. The minimum absolute atomic E-state index is 0.0352. The molecule has 1 aliphatic carbocycles. The highest BCUT2D eigenvalue weighted by Crippen LogP contribution is 2.35. The zero-order valence-electron chi connectivity index (χ0n) is 11.8. The summed E-state index contributed by atoms with van der Waals surface area (Å²) in [6, 6.07) is 17.1. The van der Waals surface area contributed by atoms with Gasteiger partial charge in [-0.15, -0.1) is 0 Å². The monoisotopic (exact) mass is 290 g/mol. The van der Waals surface area contributed by atoms with Gasteiger partial charge in [0.15, 0.2) is 5.78 Å². The van der Waals surface area contributed by atoms with Gasteiger partial charge in [-0.3, -0.25) is 4.79 Å². The van der Waals surface area contributed by atoms with Crippen LogP contribution in [0, 0.1) is 0 Å². The van der Waals surface area contributed by atoms with E-state index in [0.717, 1.165) is 5.56 Å². The van der Waals surface area contributed by atoms with Gasteiger partial charge in [-0.25, -0.2) is 0 Å². The van der Waals surface area contributed by atoms with E-state index in [2.05, 4.69) is 10.5 Å². The Kier molecular flexibility index (Phi) is 2.82. The maximum Gasteiger partial charge on any atom is 0.199 e. The number of aliphatic hydroxyl groups is 1. The third kappa shape index (κ3) is 1.84. The van der Waals surface area contributed by atoms with Crippen molar-refractivity contribution in [2.45, 2.75) is 12.5 Å². The van der Waals surface area contributed by atoms with E-state index in [1.165, 1.54) is 0 Å². The third-order valence-electron chi connectivity index (χ3n) is 4.13. The lowest BCUT2D eigenvalue weighted by Crippen LogP contribution is -2.11.